The molecule has 1 atom stereocenters. The Morgan fingerprint density at radius 2 is 1.65 bits per heavy atom. The summed E-state index contributed by atoms with van der Waals surface area (Å²) in [4.78, 5) is 0. The molecule has 0 saturated heterocycles. The molecule has 2 aromatic rings. The summed E-state index contributed by atoms with van der Waals surface area (Å²) >= 11 is 0. The average Bonchev–Trinajstić information content (AvgIpc) is 2.38. The van der Waals surface area contributed by atoms with E-state index in [2.05, 4.69) is 5.32 Å². The Hall–Kier alpha value is -2.14. The zero-order valence-corrected chi connectivity index (χ0v) is 10.9. The van der Waals surface area contributed by atoms with E-state index in [9.17, 15) is 19.0 Å². The lowest BCUT2D eigenvalue weighted by molar-refractivity contribution is 0.446. The van der Waals surface area contributed by atoms with Crippen LogP contribution in [0.3, 0.4) is 0 Å². The van der Waals surface area contributed by atoms with Gasteiger partial charge in [-0.2, -0.15) is 0 Å². The second-order valence-electron chi connectivity index (χ2n) is 4.63. The summed E-state index contributed by atoms with van der Waals surface area (Å²) < 4.78 is 25.9. The Labute approximate surface area is 115 Å². The van der Waals surface area contributed by atoms with Crippen LogP contribution in [0.1, 0.15) is 24.1 Å². The van der Waals surface area contributed by atoms with Crippen LogP contribution in [0.2, 0.25) is 0 Å². The molecule has 0 heterocycles. The highest BCUT2D eigenvalue weighted by molar-refractivity contribution is 5.38. The van der Waals surface area contributed by atoms with Crippen LogP contribution in [0.5, 0.6) is 11.5 Å². The third-order valence-electron chi connectivity index (χ3n) is 3.02. The van der Waals surface area contributed by atoms with Gasteiger partial charge in [-0.1, -0.05) is 6.07 Å². The van der Waals surface area contributed by atoms with Gasteiger partial charge in [0.05, 0.1) is 0 Å². The lowest BCUT2D eigenvalue weighted by Gasteiger charge is -2.15. The molecule has 2 aromatic carbocycles. The van der Waals surface area contributed by atoms with Crippen molar-refractivity contribution < 1.29 is 19.0 Å². The molecule has 0 fully saturated rings. The van der Waals surface area contributed by atoms with Crippen LogP contribution in [0, 0.1) is 11.6 Å². The standard InChI is InChI=1S/C15H15F2NO2/c1-9(11-5-12(19)7-13(20)6-11)18-8-10-2-3-14(16)15(17)4-10/h2-7,9,18-20H,8H2,1H3. The van der Waals surface area contributed by atoms with Gasteiger partial charge in [-0.15, -0.1) is 0 Å². The molecule has 20 heavy (non-hydrogen) atoms. The van der Waals surface area contributed by atoms with Crippen LogP contribution in [0.15, 0.2) is 36.4 Å². The van der Waals surface area contributed by atoms with Crippen LogP contribution >= 0.6 is 0 Å². The van der Waals surface area contributed by atoms with Gasteiger partial charge in [0, 0.05) is 18.7 Å². The summed E-state index contributed by atoms with van der Waals surface area (Å²) in [5.41, 5.74) is 1.31. The first-order valence-electron chi connectivity index (χ1n) is 6.16. The number of hydrogen-bond donors (Lipinski definition) is 3. The van der Waals surface area contributed by atoms with E-state index in [0.29, 0.717) is 17.7 Å². The minimum absolute atomic E-state index is 0.0264. The van der Waals surface area contributed by atoms with Gasteiger partial charge in [0.2, 0.25) is 0 Å². The first kappa shape index (κ1) is 14.3. The molecule has 0 amide bonds. The third kappa shape index (κ3) is 3.45. The minimum Gasteiger partial charge on any atom is -0.508 e. The maximum Gasteiger partial charge on any atom is 0.159 e. The number of phenols is 2. The predicted octanol–water partition coefficient (Wildman–Crippen LogP) is 3.23. The molecule has 106 valence electrons. The number of nitrogens with one attached hydrogen (secondary N) is 1. The number of rotatable bonds is 4. The molecule has 0 spiro atoms. The fraction of sp³-hybridized carbons (Fsp3) is 0.200. The van der Waals surface area contributed by atoms with Gasteiger partial charge in [0.15, 0.2) is 11.6 Å². The molecular weight excluding hydrogens is 264 g/mol. The van der Waals surface area contributed by atoms with Gasteiger partial charge < -0.3 is 15.5 Å². The highest BCUT2D eigenvalue weighted by Gasteiger charge is 2.09. The molecule has 2 rings (SSSR count). The number of hydrogen-bond acceptors (Lipinski definition) is 3. The third-order valence-corrected chi connectivity index (χ3v) is 3.02. The molecule has 0 radical (unpaired) electrons. The van der Waals surface area contributed by atoms with E-state index in [1.54, 1.807) is 0 Å². The summed E-state index contributed by atoms with van der Waals surface area (Å²) in [7, 11) is 0. The zero-order chi connectivity index (χ0) is 14.7. The molecule has 5 heteroatoms. The summed E-state index contributed by atoms with van der Waals surface area (Å²) in [6, 6.07) is 7.85. The SMILES string of the molecule is CC(NCc1ccc(F)c(F)c1)c1cc(O)cc(O)c1. The van der Waals surface area contributed by atoms with E-state index in [0.717, 1.165) is 12.1 Å². The average molecular weight is 279 g/mol. The first-order valence-corrected chi connectivity index (χ1v) is 6.16. The lowest BCUT2D eigenvalue weighted by Crippen LogP contribution is -2.18. The van der Waals surface area contributed by atoms with Crippen LogP contribution in [-0.4, -0.2) is 10.2 Å². The van der Waals surface area contributed by atoms with Crippen LogP contribution in [-0.2, 0) is 6.54 Å². The largest absolute Gasteiger partial charge is 0.508 e. The van der Waals surface area contributed by atoms with Crippen LogP contribution in [0.4, 0.5) is 8.78 Å². The Balaban J connectivity index is 2.04. The Morgan fingerprint density at radius 1 is 1.00 bits per heavy atom. The second-order valence-corrected chi connectivity index (χ2v) is 4.63. The minimum atomic E-state index is -0.882. The number of benzene rings is 2. The van der Waals surface area contributed by atoms with Crippen molar-refractivity contribution in [3.05, 3.63) is 59.2 Å². The number of halogens is 2. The molecule has 3 N–H and O–H groups in total. The van der Waals surface area contributed by atoms with Gasteiger partial charge in [-0.25, -0.2) is 8.78 Å². The smallest absolute Gasteiger partial charge is 0.159 e. The van der Waals surface area contributed by atoms with Crippen molar-refractivity contribution in [2.75, 3.05) is 0 Å². The maximum atomic E-state index is 13.1. The Kier molecular flexibility index (Phi) is 4.20. The van der Waals surface area contributed by atoms with Gasteiger partial charge >= 0.3 is 0 Å². The van der Waals surface area contributed by atoms with E-state index in [4.69, 9.17) is 0 Å². The molecule has 3 nitrogen and oxygen atoms in total. The monoisotopic (exact) mass is 279 g/mol. The Bertz CT molecular complexity index is 597. The van der Waals surface area contributed by atoms with Gasteiger partial charge in [-0.05, 0) is 42.3 Å². The first-order chi connectivity index (χ1) is 9.45. The topological polar surface area (TPSA) is 52.5 Å². The second kappa shape index (κ2) is 5.88. The summed E-state index contributed by atoms with van der Waals surface area (Å²) in [6.07, 6.45) is 0. The molecule has 1 unspecified atom stereocenters. The number of aromatic hydroxyl groups is 2. The molecule has 0 aliphatic carbocycles. The van der Waals surface area contributed by atoms with Crippen molar-refractivity contribution in [3.63, 3.8) is 0 Å². The highest BCUT2D eigenvalue weighted by atomic mass is 19.2. The molecule has 0 aliphatic rings. The summed E-state index contributed by atoms with van der Waals surface area (Å²) in [5.74, 6) is -1.81. The van der Waals surface area contributed by atoms with Crippen LogP contribution < -0.4 is 5.32 Å². The molecular formula is C15H15F2NO2. The normalized spacial score (nSPS) is 12.3. The molecule has 0 bridgehead atoms. The number of phenolic OH excluding ortho intramolecular Hbond substituents is 2. The van der Waals surface area contributed by atoms with Gasteiger partial charge in [0.25, 0.3) is 0 Å². The van der Waals surface area contributed by atoms with Crippen molar-refractivity contribution in [2.24, 2.45) is 0 Å². The predicted molar refractivity (Wildman–Crippen MR) is 71.4 cm³/mol. The fourth-order valence-corrected chi connectivity index (χ4v) is 1.91. The quantitative estimate of drug-likeness (QED) is 0.805. The van der Waals surface area contributed by atoms with Gasteiger partial charge in [0.1, 0.15) is 11.5 Å². The highest BCUT2D eigenvalue weighted by Crippen LogP contribution is 2.24. The maximum absolute atomic E-state index is 13.1. The van der Waals surface area contributed by atoms with E-state index in [-0.39, 0.29) is 17.5 Å². The van der Waals surface area contributed by atoms with Crippen LogP contribution in [0.25, 0.3) is 0 Å². The fourth-order valence-electron chi connectivity index (χ4n) is 1.91. The van der Waals surface area contributed by atoms with Gasteiger partial charge in [-0.3, -0.25) is 0 Å². The zero-order valence-electron chi connectivity index (χ0n) is 10.9. The van der Waals surface area contributed by atoms with Crippen molar-refractivity contribution >= 4 is 0 Å². The summed E-state index contributed by atoms with van der Waals surface area (Å²) in [5, 5.41) is 21.9. The van der Waals surface area contributed by atoms with Crippen molar-refractivity contribution in [2.45, 2.75) is 19.5 Å². The van der Waals surface area contributed by atoms with E-state index >= 15 is 0 Å². The van der Waals surface area contributed by atoms with E-state index < -0.39 is 11.6 Å². The Morgan fingerprint density at radius 3 is 2.25 bits per heavy atom. The lowest BCUT2D eigenvalue weighted by atomic mass is 10.1. The van der Waals surface area contributed by atoms with Crippen molar-refractivity contribution in [1.29, 1.82) is 0 Å². The molecule has 0 saturated carbocycles. The van der Waals surface area contributed by atoms with E-state index in [1.165, 1.54) is 24.3 Å². The summed E-state index contributed by atoms with van der Waals surface area (Å²) in [6.45, 7) is 2.18. The molecule has 0 aromatic heterocycles. The molecule has 0 aliphatic heterocycles. The van der Waals surface area contributed by atoms with Crippen molar-refractivity contribution in [1.82, 2.24) is 5.32 Å². The van der Waals surface area contributed by atoms with E-state index in [1.807, 2.05) is 6.92 Å². The van der Waals surface area contributed by atoms with Crippen molar-refractivity contribution in [3.8, 4) is 11.5 Å².